The van der Waals surface area contributed by atoms with E-state index in [1.54, 1.807) is 0 Å². The van der Waals surface area contributed by atoms with Crippen molar-refractivity contribution in [3.05, 3.63) is 39.5 Å². The Bertz CT molecular complexity index is 587. The van der Waals surface area contributed by atoms with Gasteiger partial charge in [-0.15, -0.1) is 0 Å². The maximum atomic E-state index is 12.1. The molecule has 0 fully saturated rings. The molecule has 0 unspecified atom stereocenters. The van der Waals surface area contributed by atoms with Crippen molar-refractivity contribution in [2.24, 2.45) is 0 Å². The minimum atomic E-state index is -0.411. The van der Waals surface area contributed by atoms with E-state index in [0.29, 0.717) is 0 Å². The van der Waals surface area contributed by atoms with Crippen molar-refractivity contribution in [3.63, 3.8) is 0 Å². The third-order valence-electron chi connectivity index (χ3n) is 3.09. The Morgan fingerprint density at radius 3 is 2.40 bits per heavy atom. The number of nitrogens with zero attached hydrogens (tertiary/aromatic N) is 1. The third-order valence-corrected chi connectivity index (χ3v) is 3.55. The highest BCUT2D eigenvalue weighted by Crippen LogP contribution is 2.27. The number of imide groups is 1. The molecule has 0 atom stereocenters. The fourth-order valence-corrected chi connectivity index (χ4v) is 2.84. The number of halogens is 1. The molecule has 6 heteroatoms. The highest BCUT2D eigenvalue weighted by molar-refractivity contribution is 9.10. The van der Waals surface area contributed by atoms with E-state index in [9.17, 15) is 9.59 Å². The normalized spacial score (nSPS) is 14.8. The molecule has 0 aliphatic carbocycles. The van der Waals surface area contributed by atoms with Gasteiger partial charge in [-0.25, -0.2) is 0 Å². The maximum absolute atomic E-state index is 12.1. The Kier molecular flexibility index (Phi) is 4.25. The smallest absolute Gasteiger partial charge is 0.277 e. The summed E-state index contributed by atoms with van der Waals surface area (Å²) in [5.41, 5.74) is 2.99. The highest BCUT2D eigenvalue weighted by atomic mass is 79.9. The first-order valence-corrected chi connectivity index (χ1v) is 6.95. The molecule has 1 aromatic rings. The Balaban J connectivity index is 2.26. The van der Waals surface area contributed by atoms with E-state index < -0.39 is 11.8 Å². The van der Waals surface area contributed by atoms with Gasteiger partial charge in [-0.2, -0.15) is 0 Å². The summed E-state index contributed by atoms with van der Waals surface area (Å²) in [6.07, 6.45) is 1.26. The summed E-state index contributed by atoms with van der Waals surface area (Å²) in [6.45, 7) is 3.62. The Hall–Kier alpha value is -1.66. The molecule has 0 saturated carbocycles. The zero-order chi connectivity index (χ0) is 14.9. The van der Waals surface area contributed by atoms with E-state index in [1.807, 2.05) is 26.0 Å². The van der Waals surface area contributed by atoms with Gasteiger partial charge in [-0.1, -0.05) is 15.9 Å². The largest absolute Gasteiger partial charge is 0.395 e. The first-order valence-electron chi connectivity index (χ1n) is 6.16. The molecule has 0 bridgehead atoms. The fraction of sp³-hybridized carbons (Fsp3) is 0.286. The van der Waals surface area contributed by atoms with Gasteiger partial charge in [0.15, 0.2) is 0 Å². The van der Waals surface area contributed by atoms with Crippen LogP contribution in [0.4, 0.5) is 5.69 Å². The molecule has 2 N–H and O–H groups in total. The number of carbonyl (C=O) groups is 2. The van der Waals surface area contributed by atoms with Crippen molar-refractivity contribution >= 4 is 33.4 Å². The van der Waals surface area contributed by atoms with E-state index >= 15 is 0 Å². The van der Waals surface area contributed by atoms with Gasteiger partial charge in [0.1, 0.15) is 5.70 Å². The lowest BCUT2D eigenvalue weighted by Crippen LogP contribution is -2.34. The number of rotatable bonds is 4. The molecule has 0 saturated heterocycles. The number of hydrogen-bond donors (Lipinski definition) is 2. The number of aliphatic hydroxyl groups excluding tert-OH is 1. The van der Waals surface area contributed by atoms with Crippen molar-refractivity contribution < 1.29 is 14.7 Å². The van der Waals surface area contributed by atoms with Crippen molar-refractivity contribution in [3.8, 4) is 0 Å². The highest BCUT2D eigenvalue weighted by Gasteiger charge is 2.30. The number of benzene rings is 1. The molecule has 1 aliphatic heterocycles. The molecule has 106 valence electrons. The van der Waals surface area contributed by atoms with Crippen molar-refractivity contribution in [2.45, 2.75) is 13.8 Å². The number of nitrogens with one attached hydrogen (secondary N) is 1. The lowest BCUT2D eigenvalue weighted by atomic mass is 10.1. The predicted molar refractivity (Wildman–Crippen MR) is 79.1 cm³/mol. The van der Waals surface area contributed by atoms with Gasteiger partial charge >= 0.3 is 0 Å². The van der Waals surface area contributed by atoms with Gasteiger partial charge in [0, 0.05) is 16.2 Å². The van der Waals surface area contributed by atoms with E-state index in [4.69, 9.17) is 5.11 Å². The quantitative estimate of drug-likeness (QED) is 0.820. The second-order valence-electron chi connectivity index (χ2n) is 4.62. The number of β-amino-alcohol motifs (C(OH)–C–C–N with tert-alkyl or cyclic N) is 1. The standard InChI is InChI=1S/C14H15BrN2O3/c1-8-5-10(15)6-9(2)13(8)16-11-7-12(19)17(3-4-18)14(11)20/h5-7,16,18H,3-4H2,1-2H3. The van der Waals surface area contributed by atoms with Gasteiger partial charge in [0.25, 0.3) is 11.8 Å². The molecule has 1 aliphatic rings. The summed E-state index contributed by atoms with van der Waals surface area (Å²) in [4.78, 5) is 24.7. The molecular formula is C14H15BrN2O3. The van der Waals surface area contributed by atoms with E-state index in [2.05, 4.69) is 21.2 Å². The van der Waals surface area contributed by atoms with Crippen LogP contribution in [0.25, 0.3) is 0 Å². The average Bonchev–Trinajstić information content (AvgIpc) is 2.62. The number of amides is 2. The van der Waals surface area contributed by atoms with Gasteiger partial charge < -0.3 is 10.4 Å². The molecule has 1 heterocycles. The van der Waals surface area contributed by atoms with Crippen LogP contribution in [0.15, 0.2) is 28.4 Å². The number of aliphatic hydroxyl groups is 1. The summed E-state index contributed by atoms with van der Waals surface area (Å²) in [5.74, 6) is -0.815. The minimum Gasteiger partial charge on any atom is -0.395 e. The zero-order valence-corrected chi connectivity index (χ0v) is 12.8. The number of anilines is 1. The van der Waals surface area contributed by atoms with Crippen LogP contribution >= 0.6 is 15.9 Å². The zero-order valence-electron chi connectivity index (χ0n) is 11.2. The second-order valence-corrected chi connectivity index (χ2v) is 5.53. The van der Waals surface area contributed by atoms with Gasteiger partial charge in [-0.05, 0) is 37.1 Å². The summed E-state index contributed by atoms with van der Waals surface area (Å²) in [6, 6.07) is 3.87. The topological polar surface area (TPSA) is 69.6 Å². The van der Waals surface area contributed by atoms with Gasteiger partial charge in [0.05, 0.1) is 13.2 Å². The Labute approximate surface area is 125 Å². The van der Waals surface area contributed by atoms with Crippen LogP contribution in [-0.4, -0.2) is 35.0 Å². The summed E-state index contributed by atoms with van der Waals surface area (Å²) in [7, 11) is 0. The van der Waals surface area contributed by atoms with Crippen molar-refractivity contribution in [1.82, 2.24) is 4.90 Å². The molecule has 2 amide bonds. The summed E-state index contributed by atoms with van der Waals surface area (Å²) >= 11 is 3.41. The van der Waals surface area contributed by atoms with Crippen LogP contribution in [-0.2, 0) is 9.59 Å². The van der Waals surface area contributed by atoms with E-state index in [-0.39, 0.29) is 18.8 Å². The second kappa shape index (κ2) is 5.76. The third kappa shape index (κ3) is 2.76. The van der Waals surface area contributed by atoms with Crippen LogP contribution in [0, 0.1) is 13.8 Å². The first kappa shape index (κ1) is 14.7. The number of carbonyl (C=O) groups excluding carboxylic acids is 2. The lowest BCUT2D eigenvalue weighted by Gasteiger charge is -2.16. The van der Waals surface area contributed by atoms with Crippen LogP contribution in [0.3, 0.4) is 0 Å². The lowest BCUT2D eigenvalue weighted by molar-refractivity contribution is -0.137. The molecule has 1 aromatic carbocycles. The molecule has 20 heavy (non-hydrogen) atoms. The number of hydrogen-bond acceptors (Lipinski definition) is 4. The van der Waals surface area contributed by atoms with Crippen molar-refractivity contribution in [2.75, 3.05) is 18.5 Å². The molecule has 0 aromatic heterocycles. The van der Waals surface area contributed by atoms with Gasteiger partial charge in [0.2, 0.25) is 0 Å². The minimum absolute atomic E-state index is 0.0116. The molecular weight excluding hydrogens is 324 g/mol. The van der Waals surface area contributed by atoms with Gasteiger partial charge in [-0.3, -0.25) is 14.5 Å². The van der Waals surface area contributed by atoms with Crippen LogP contribution in [0.5, 0.6) is 0 Å². The maximum Gasteiger partial charge on any atom is 0.277 e. The Morgan fingerprint density at radius 2 is 1.85 bits per heavy atom. The van der Waals surface area contributed by atoms with E-state index in [0.717, 1.165) is 26.2 Å². The molecule has 5 nitrogen and oxygen atoms in total. The average molecular weight is 339 g/mol. The van der Waals surface area contributed by atoms with Crippen LogP contribution in [0.1, 0.15) is 11.1 Å². The first-order chi connectivity index (χ1) is 9.43. The predicted octanol–water partition coefficient (Wildman–Crippen LogP) is 1.72. The number of aryl methyl sites for hydroxylation is 2. The van der Waals surface area contributed by atoms with E-state index in [1.165, 1.54) is 6.08 Å². The summed E-state index contributed by atoms with van der Waals surface area (Å²) < 4.78 is 0.961. The monoisotopic (exact) mass is 338 g/mol. The van der Waals surface area contributed by atoms with Crippen LogP contribution < -0.4 is 5.32 Å². The SMILES string of the molecule is Cc1cc(Br)cc(C)c1NC1=CC(=O)N(CCO)C1=O. The Morgan fingerprint density at radius 1 is 1.25 bits per heavy atom. The summed E-state index contributed by atoms with van der Waals surface area (Å²) in [5, 5.41) is 11.9. The fourth-order valence-electron chi connectivity index (χ4n) is 2.15. The molecule has 0 spiro atoms. The van der Waals surface area contributed by atoms with Crippen molar-refractivity contribution in [1.29, 1.82) is 0 Å². The molecule has 0 radical (unpaired) electrons. The molecule has 2 rings (SSSR count). The van der Waals surface area contributed by atoms with Crippen LogP contribution in [0.2, 0.25) is 0 Å².